The fraction of sp³-hybridized carbons (Fsp3) is 0.583. The van der Waals surface area contributed by atoms with E-state index in [0.717, 1.165) is 5.19 Å². The van der Waals surface area contributed by atoms with E-state index in [1.165, 1.54) is 0 Å². The minimum atomic E-state index is -1.92. The lowest BCUT2D eigenvalue weighted by Crippen LogP contribution is -2.55. The molecule has 0 saturated heterocycles. The predicted molar refractivity (Wildman–Crippen MR) is 84.3 cm³/mol. The molecule has 1 N–H and O–H groups in total. The van der Waals surface area contributed by atoms with Crippen molar-refractivity contribution in [3.8, 4) is 0 Å². The van der Waals surface area contributed by atoms with E-state index in [1.54, 1.807) is 17.7 Å². The zero-order valence-electron chi connectivity index (χ0n) is 12.8. The Bertz CT molecular complexity index is 541. The van der Waals surface area contributed by atoms with E-state index in [2.05, 4.69) is 49.3 Å². The van der Waals surface area contributed by atoms with Gasteiger partial charge < -0.3 is 4.57 Å². The van der Waals surface area contributed by atoms with Crippen LogP contribution in [0.3, 0.4) is 0 Å². The lowest BCUT2D eigenvalue weighted by atomic mass is 10.5. The minimum absolute atomic E-state index is 0.0273. The van der Waals surface area contributed by atoms with Gasteiger partial charge in [-0.3, -0.25) is 9.78 Å². The van der Waals surface area contributed by atoms with Crippen LogP contribution in [0.4, 0.5) is 5.82 Å². The van der Waals surface area contributed by atoms with Crippen LogP contribution in [-0.4, -0.2) is 32.2 Å². The molecule has 1 amide bonds. The number of H-pyrrole nitrogens is 1. The summed E-state index contributed by atoms with van der Waals surface area (Å²) in [7, 11) is -3.61. The van der Waals surface area contributed by atoms with E-state index in [0.29, 0.717) is 5.82 Å². The van der Waals surface area contributed by atoms with Gasteiger partial charge in [-0.15, -0.1) is 0 Å². The maximum atomic E-state index is 12.0. The van der Waals surface area contributed by atoms with Gasteiger partial charge in [-0.25, -0.2) is 9.78 Å². The molecular formula is C12H23N3O2Si2. The Morgan fingerprint density at radius 3 is 2.11 bits per heavy atom. The third-order valence-corrected chi connectivity index (χ3v) is 6.67. The quantitative estimate of drug-likeness (QED) is 0.860. The van der Waals surface area contributed by atoms with Crippen molar-refractivity contribution in [3.05, 3.63) is 16.7 Å². The normalized spacial score (nSPS) is 12.4. The molecule has 1 aromatic heterocycles. The molecule has 0 aliphatic heterocycles. The van der Waals surface area contributed by atoms with Gasteiger partial charge in [0.15, 0.2) is 8.24 Å². The van der Waals surface area contributed by atoms with Crippen molar-refractivity contribution >= 4 is 33.2 Å². The van der Waals surface area contributed by atoms with Gasteiger partial charge >= 0.3 is 5.69 Å². The molecule has 106 valence electrons. The van der Waals surface area contributed by atoms with Crippen LogP contribution in [0.2, 0.25) is 39.3 Å². The smallest absolute Gasteiger partial charge is 0.328 e. The minimum Gasteiger partial charge on any atom is -0.328 e. The third kappa shape index (κ3) is 3.63. The van der Waals surface area contributed by atoms with Crippen LogP contribution in [-0.2, 0) is 4.79 Å². The molecular weight excluding hydrogens is 274 g/mol. The zero-order chi connectivity index (χ0) is 15.0. The van der Waals surface area contributed by atoms with Crippen LogP contribution in [0.25, 0.3) is 0 Å². The molecule has 1 aromatic rings. The first-order valence-corrected chi connectivity index (χ1v) is 13.3. The molecule has 0 radical (unpaired) electrons. The van der Waals surface area contributed by atoms with Crippen LogP contribution < -0.4 is 15.4 Å². The number of nitrogens with zero attached hydrogens (tertiary/aromatic N) is 2. The summed E-state index contributed by atoms with van der Waals surface area (Å²) in [5.41, 5.74) is -0.401. The molecule has 0 aliphatic rings. The third-order valence-electron chi connectivity index (χ3n) is 2.81. The van der Waals surface area contributed by atoms with Crippen molar-refractivity contribution in [1.82, 2.24) is 9.97 Å². The average molecular weight is 298 g/mol. The maximum absolute atomic E-state index is 12.0. The molecule has 5 nitrogen and oxygen atoms in total. The maximum Gasteiger partial charge on any atom is 0.346 e. The Balaban J connectivity index is 3.59. The summed E-state index contributed by atoms with van der Waals surface area (Å²) in [5, 5.41) is 1.02. The van der Waals surface area contributed by atoms with Crippen molar-refractivity contribution in [2.75, 3.05) is 4.57 Å². The molecule has 0 spiro atoms. The van der Waals surface area contributed by atoms with Gasteiger partial charge in [0.2, 0.25) is 5.91 Å². The Labute approximate surface area is 116 Å². The number of hydrogen-bond donors (Lipinski definition) is 1. The van der Waals surface area contributed by atoms with Gasteiger partial charge in [-0.1, -0.05) is 39.3 Å². The highest BCUT2D eigenvalue weighted by Gasteiger charge is 2.33. The monoisotopic (exact) mass is 297 g/mol. The van der Waals surface area contributed by atoms with Gasteiger partial charge in [0.25, 0.3) is 0 Å². The fourth-order valence-corrected chi connectivity index (χ4v) is 5.32. The number of aromatic amines is 1. The van der Waals surface area contributed by atoms with Gasteiger partial charge in [0.1, 0.15) is 5.82 Å². The van der Waals surface area contributed by atoms with Crippen LogP contribution in [0.1, 0.15) is 6.92 Å². The van der Waals surface area contributed by atoms with E-state index < -0.39 is 22.0 Å². The Hall–Kier alpha value is -1.22. The Morgan fingerprint density at radius 2 is 1.74 bits per heavy atom. The summed E-state index contributed by atoms with van der Waals surface area (Å²) in [6.45, 7) is 14.3. The first-order valence-electron chi connectivity index (χ1n) is 6.35. The highest BCUT2D eigenvalue weighted by Crippen LogP contribution is 2.19. The lowest BCUT2D eigenvalue weighted by Gasteiger charge is -2.35. The number of carbonyl (C=O) groups excluding carboxylic acids is 1. The van der Waals surface area contributed by atoms with Crippen LogP contribution in [0.5, 0.6) is 0 Å². The molecule has 0 aliphatic carbocycles. The molecule has 19 heavy (non-hydrogen) atoms. The van der Waals surface area contributed by atoms with Gasteiger partial charge in [0.05, 0.1) is 8.07 Å². The molecule has 0 atom stereocenters. The summed E-state index contributed by atoms with van der Waals surface area (Å²) in [6, 6.07) is 0. The zero-order valence-corrected chi connectivity index (χ0v) is 14.8. The molecule has 1 rings (SSSR count). The summed E-state index contributed by atoms with van der Waals surface area (Å²) in [6.07, 6.45) is 1.64. The number of anilines is 1. The second kappa shape index (κ2) is 5.05. The van der Waals surface area contributed by atoms with Crippen LogP contribution in [0.15, 0.2) is 11.0 Å². The second-order valence-corrected chi connectivity index (χ2v) is 16.6. The molecule has 0 bridgehead atoms. The summed E-state index contributed by atoms with van der Waals surface area (Å²) in [5.74, 6) is 0.631. The number of aromatic nitrogens is 2. The highest BCUT2D eigenvalue weighted by atomic mass is 28.3. The number of hydrogen-bond acceptors (Lipinski definition) is 3. The number of nitrogens with one attached hydrogen (secondary N) is 1. The first-order chi connectivity index (χ1) is 8.44. The number of carbonyl (C=O) groups is 1. The fourth-order valence-electron chi connectivity index (χ4n) is 2.08. The van der Waals surface area contributed by atoms with Crippen molar-refractivity contribution in [2.45, 2.75) is 46.2 Å². The topological polar surface area (TPSA) is 66.1 Å². The van der Waals surface area contributed by atoms with Crippen molar-refractivity contribution in [2.24, 2.45) is 0 Å². The highest BCUT2D eigenvalue weighted by molar-refractivity contribution is 6.91. The Morgan fingerprint density at radius 1 is 1.21 bits per heavy atom. The van der Waals surface area contributed by atoms with Gasteiger partial charge in [0, 0.05) is 13.1 Å². The second-order valence-electron chi connectivity index (χ2n) is 6.73. The molecule has 0 unspecified atom stereocenters. The summed E-state index contributed by atoms with van der Waals surface area (Å²) >= 11 is 0. The largest absolute Gasteiger partial charge is 0.346 e. The molecule has 0 aromatic carbocycles. The average Bonchev–Trinajstić information content (AvgIpc) is 2.11. The summed E-state index contributed by atoms with van der Waals surface area (Å²) < 4.78 is 1.78. The molecule has 1 heterocycles. The van der Waals surface area contributed by atoms with Crippen molar-refractivity contribution in [1.29, 1.82) is 0 Å². The first kappa shape index (κ1) is 15.8. The van der Waals surface area contributed by atoms with E-state index in [1.807, 2.05) is 0 Å². The predicted octanol–water partition coefficient (Wildman–Crippen LogP) is 1.50. The standard InChI is InChI=1S/C12H23N3O2Si2/c1-9(16)15(19(5,6)7)11-10(18(2,3)4)8-13-12(17)14-11/h8H,1-7H3,(H,13,14,17). The van der Waals surface area contributed by atoms with E-state index in [4.69, 9.17) is 0 Å². The molecule has 7 heteroatoms. The van der Waals surface area contributed by atoms with Crippen LogP contribution >= 0.6 is 0 Å². The lowest BCUT2D eigenvalue weighted by molar-refractivity contribution is -0.115. The Kier molecular flexibility index (Phi) is 4.21. The molecule has 0 saturated carbocycles. The van der Waals surface area contributed by atoms with Crippen molar-refractivity contribution < 1.29 is 4.79 Å². The number of amides is 1. The summed E-state index contributed by atoms with van der Waals surface area (Å²) in [4.78, 5) is 30.2. The van der Waals surface area contributed by atoms with E-state index in [-0.39, 0.29) is 5.91 Å². The number of rotatable bonds is 3. The van der Waals surface area contributed by atoms with Gasteiger partial charge in [-0.2, -0.15) is 0 Å². The molecule has 0 fully saturated rings. The van der Waals surface area contributed by atoms with E-state index >= 15 is 0 Å². The van der Waals surface area contributed by atoms with Crippen molar-refractivity contribution in [3.63, 3.8) is 0 Å². The van der Waals surface area contributed by atoms with Gasteiger partial charge in [-0.05, 0) is 5.19 Å². The van der Waals surface area contributed by atoms with E-state index in [9.17, 15) is 9.59 Å². The van der Waals surface area contributed by atoms with Crippen LogP contribution in [0, 0.1) is 0 Å². The SMILES string of the molecule is CC(=O)N(c1[nH]c(=O)ncc1[Si](C)(C)C)[Si](C)(C)C.